The van der Waals surface area contributed by atoms with Crippen LogP contribution in [-0.2, 0) is 11.2 Å². The van der Waals surface area contributed by atoms with E-state index in [9.17, 15) is 4.79 Å². The number of carbonyl (C=O) groups excluding carboxylic acids is 1. The van der Waals surface area contributed by atoms with Crippen LogP contribution in [0.3, 0.4) is 0 Å². The molecule has 2 aromatic carbocycles. The van der Waals surface area contributed by atoms with E-state index in [1.54, 1.807) is 6.20 Å². The van der Waals surface area contributed by atoms with Gasteiger partial charge in [-0.25, -0.2) is 4.98 Å². The van der Waals surface area contributed by atoms with Gasteiger partial charge in [0.15, 0.2) is 0 Å². The Labute approximate surface area is 154 Å². The Hall–Kier alpha value is -3.14. The summed E-state index contributed by atoms with van der Waals surface area (Å²) in [5, 5.41) is 6.21. The van der Waals surface area contributed by atoms with Crippen molar-refractivity contribution >= 4 is 23.1 Å². The SMILES string of the molecule is Cc1cccc(Nc2ccc(NC(=O)CCc3ccccc3)cn2)c1C. The summed E-state index contributed by atoms with van der Waals surface area (Å²) in [6, 6.07) is 19.9. The first-order valence-corrected chi connectivity index (χ1v) is 8.75. The van der Waals surface area contributed by atoms with Crippen LogP contribution in [0.25, 0.3) is 0 Å². The monoisotopic (exact) mass is 345 g/mol. The number of hydrogen-bond acceptors (Lipinski definition) is 3. The van der Waals surface area contributed by atoms with Crippen LogP contribution in [0.5, 0.6) is 0 Å². The van der Waals surface area contributed by atoms with Crippen molar-refractivity contribution in [1.29, 1.82) is 0 Å². The van der Waals surface area contributed by atoms with Gasteiger partial charge in [0.05, 0.1) is 11.9 Å². The number of nitrogens with zero attached hydrogens (tertiary/aromatic N) is 1. The van der Waals surface area contributed by atoms with Crippen molar-refractivity contribution in [3.8, 4) is 0 Å². The molecule has 0 aliphatic rings. The summed E-state index contributed by atoms with van der Waals surface area (Å²) in [6.07, 6.45) is 2.85. The maximum atomic E-state index is 12.1. The molecule has 4 heteroatoms. The minimum Gasteiger partial charge on any atom is -0.340 e. The molecule has 26 heavy (non-hydrogen) atoms. The van der Waals surface area contributed by atoms with Crippen molar-refractivity contribution in [2.75, 3.05) is 10.6 Å². The number of aromatic nitrogens is 1. The lowest BCUT2D eigenvalue weighted by Gasteiger charge is -2.11. The standard InChI is InChI=1S/C22H23N3O/c1-16-7-6-10-20(17(16)2)25-21-13-12-19(15-23-21)24-22(26)14-11-18-8-4-3-5-9-18/h3-10,12-13,15H,11,14H2,1-2H3,(H,23,25)(H,24,26). The van der Waals surface area contributed by atoms with Crippen molar-refractivity contribution < 1.29 is 4.79 Å². The number of aryl methyl sites for hydroxylation is 2. The minimum atomic E-state index is -0.00843. The van der Waals surface area contributed by atoms with Gasteiger partial charge in [0.1, 0.15) is 5.82 Å². The Balaban J connectivity index is 1.55. The quantitative estimate of drug-likeness (QED) is 0.660. The smallest absolute Gasteiger partial charge is 0.224 e. The predicted molar refractivity (Wildman–Crippen MR) is 107 cm³/mol. The molecule has 132 valence electrons. The van der Waals surface area contributed by atoms with Crippen LogP contribution in [0.1, 0.15) is 23.1 Å². The topological polar surface area (TPSA) is 54.0 Å². The van der Waals surface area contributed by atoms with Gasteiger partial charge in [-0.1, -0.05) is 42.5 Å². The van der Waals surface area contributed by atoms with Gasteiger partial charge < -0.3 is 10.6 Å². The zero-order valence-corrected chi connectivity index (χ0v) is 15.1. The fourth-order valence-electron chi connectivity index (χ4n) is 2.69. The molecule has 0 saturated heterocycles. The van der Waals surface area contributed by atoms with Gasteiger partial charge >= 0.3 is 0 Å². The third-order valence-corrected chi connectivity index (χ3v) is 4.40. The lowest BCUT2D eigenvalue weighted by atomic mass is 10.1. The molecule has 1 aromatic heterocycles. The van der Waals surface area contributed by atoms with Crippen molar-refractivity contribution in [3.63, 3.8) is 0 Å². The van der Waals surface area contributed by atoms with E-state index in [4.69, 9.17) is 0 Å². The van der Waals surface area contributed by atoms with Gasteiger partial charge in [-0.2, -0.15) is 0 Å². The number of pyridine rings is 1. The number of anilines is 3. The number of amides is 1. The van der Waals surface area contributed by atoms with E-state index in [-0.39, 0.29) is 5.91 Å². The second kappa shape index (κ2) is 8.30. The summed E-state index contributed by atoms with van der Waals surface area (Å²) in [5.41, 5.74) is 5.34. The van der Waals surface area contributed by atoms with E-state index in [0.29, 0.717) is 12.1 Å². The maximum absolute atomic E-state index is 12.1. The van der Waals surface area contributed by atoms with Crippen molar-refractivity contribution in [3.05, 3.63) is 83.6 Å². The number of rotatable bonds is 6. The van der Waals surface area contributed by atoms with Crippen molar-refractivity contribution in [2.24, 2.45) is 0 Å². The van der Waals surface area contributed by atoms with E-state index in [2.05, 4.69) is 35.5 Å². The van der Waals surface area contributed by atoms with Gasteiger partial charge in [0.25, 0.3) is 0 Å². The number of benzene rings is 2. The molecule has 0 aliphatic carbocycles. The second-order valence-electron chi connectivity index (χ2n) is 6.34. The third kappa shape index (κ3) is 4.70. The van der Waals surface area contributed by atoms with E-state index in [1.807, 2.05) is 54.6 Å². The van der Waals surface area contributed by atoms with Gasteiger partial charge in [0.2, 0.25) is 5.91 Å². The molecule has 1 heterocycles. The summed E-state index contributed by atoms with van der Waals surface area (Å²) < 4.78 is 0. The molecule has 0 bridgehead atoms. The Kier molecular flexibility index (Phi) is 5.64. The summed E-state index contributed by atoms with van der Waals surface area (Å²) in [6.45, 7) is 4.17. The number of hydrogen-bond donors (Lipinski definition) is 2. The van der Waals surface area contributed by atoms with E-state index >= 15 is 0 Å². The van der Waals surface area contributed by atoms with Gasteiger partial charge in [-0.05, 0) is 55.2 Å². The molecule has 3 aromatic rings. The first-order valence-electron chi connectivity index (χ1n) is 8.75. The normalized spacial score (nSPS) is 10.4. The average molecular weight is 345 g/mol. The fraction of sp³-hybridized carbons (Fsp3) is 0.182. The Bertz CT molecular complexity index is 874. The lowest BCUT2D eigenvalue weighted by molar-refractivity contribution is -0.116. The fourth-order valence-corrected chi connectivity index (χ4v) is 2.69. The van der Waals surface area contributed by atoms with Crippen LogP contribution >= 0.6 is 0 Å². The van der Waals surface area contributed by atoms with E-state index in [1.165, 1.54) is 11.1 Å². The lowest BCUT2D eigenvalue weighted by Crippen LogP contribution is -2.12. The number of carbonyl (C=O) groups is 1. The van der Waals surface area contributed by atoms with Crippen LogP contribution < -0.4 is 10.6 Å². The maximum Gasteiger partial charge on any atom is 0.224 e. The van der Waals surface area contributed by atoms with Crippen molar-refractivity contribution in [2.45, 2.75) is 26.7 Å². The summed E-state index contributed by atoms with van der Waals surface area (Å²) in [5.74, 6) is 0.742. The van der Waals surface area contributed by atoms with E-state index < -0.39 is 0 Å². The molecule has 0 atom stereocenters. The molecular formula is C22H23N3O. The highest BCUT2D eigenvalue weighted by Crippen LogP contribution is 2.22. The van der Waals surface area contributed by atoms with Crippen LogP contribution in [0.2, 0.25) is 0 Å². The molecule has 0 radical (unpaired) electrons. The molecule has 0 aliphatic heterocycles. The Morgan fingerprint density at radius 3 is 2.50 bits per heavy atom. The molecule has 1 amide bonds. The molecule has 3 rings (SSSR count). The van der Waals surface area contributed by atoms with Crippen LogP contribution in [0.4, 0.5) is 17.2 Å². The van der Waals surface area contributed by atoms with Crippen LogP contribution in [0, 0.1) is 13.8 Å². The Morgan fingerprint density at radius 1 is 0.962 bits per heavy atom. The van der Waals surface area contributed by atoms with E-state index in [0.717, 1.165) is 23.5 Å². The first kappa shape index (κ1) is 17.7. The predicted octanol–water partition coefficient (Wildman–Crippen LogP) is 5.01. The summed E-state index contributed by atoms with van der Waals surface area (Å²) in [4.78, 5) is 16.5. The van der Waals surface area contributed by atoms with Crippen molar-refractivity contribution in [1.82, 2.24) is 4.98 Å². The molecule has 0 unspecified atom stereocenters. The van der Waals surface area contributed by atoms with Gasteiger partial charge in [0, 0.05) is 12.1 Å². The third-order valence-electron chi connectivity index (χ3n) is 4.40. The Morgan fingerprint density at radius 2 is 1.77 bits per heavy atom. The first-order chi connectivity index (χ1) is 12.6. The highest BCUT2D eigenvalue weighted by Gasteiger charge is 2.05. The minimum absolute atomic E-state index is 0.00843. The zero-order valence-electron chi connectivity index (χ0n) is 15.1. The molecular weight excluding hydrogens is 322 g/mol. The van der Waals surface area contributed by atoms with Crippen LogP contribution in [0.15, 0.2) is 66.9 Å². The zero-order chi connectivity index (χ0) is 18.4. The molecule has 0 spiro atoms. The summed E-state index contributed by atoms with van der Waals surface area (Å²) in [7, 11) is 0. The number of nitrogens with one attached hydrogen (secondary N) is 2. The second-order valence-corrected chi connectivity index (χ2v) is 6.34. The summed E-state index contributed by atoms with van der Waals surface area (Å²) >= 11 is 0. The molecule has 4 nitrogen and oxygen atoms in total. The highest BCUT2D eigenvalue weighted by molar-refractivity contribution is 5.90. The van der Waals surface area contributed by atoms with Gasteiger partial charge in [-0.15, -0.1) is 0 Å². The van der Waals surface area contributed by atoms with Gasteiger partial charge in [-0.3, -0.25) is 4.79 Å². The average Bonchev–Trinajstić information content (AvgIpc) is 2.66. The molecule has 0 fully saturated rings. The highest BCUT2D eigenvalue weighted by atomic mass is 16.1. The largest absolute Gasteiger partial charge is 0.340 e. The van der Waals surface area contributed by atoms with Crippen LogP contribution in [-0.4, -0.2) is 10.9 Å². The molecule has 0 saturated carbocycles. The molecule has 2 N–H and O–H groups in total.